The molecule has 1 N–H and O–H groups in total. The van der Waals surface area contributed by atoms with Crippen molar-refractivity contribution in [3.63, 3.8) is 0 Å². The fraction of sp³-hybridized carbons (Fsp3) is 0.400. The van der Waals surface area contributed by atoms with Gasteiger partial charge in [0.25, 0.3) is 0 Å². The number of aliphatic hydroxyl groups excluding tert-OH is 1. The van der Waals surface area contributed by atoms with Crippen molar-refractivity contribution in [2.45, 2.75) is 64.2 Å². The number of aliphatic hydroxyl groups is 1. The van der Waals surface area contributed by atoms with Crippen LogP contribution < -0.4 is 4.74 Å². The summed E-state index contributed by atoms with van der Waals surface area (Å²) in [6.45, 7) is 3.96. The number of rotatable bonds is 10. The van der Waals surface area contributed by atoms with Crippen molar-refractivity contribution in [2.75, 3.05) is 13.7 Å². The Hall–Kier alpha value is -4.39. The van der Waals surface area contributed by atoms with Crippen molar-refractivity contribution in [3.05, 3.63) is 65.6 Å². The van der Waals surface area contributed by atoms with Gasteiger partial charge < -0.3 is 14.4 Å². The smallest absolute Gasteiger partial charge is 0.434 e. The molecule has 224 valence electrons. The van der Waals surface area contributed by atoms with Gasteiger partial charge in [0.15, 0.2) is 17.2 Å². The van der Waals surface area contributed by atoms with Crippen LogP contribution in [0.15, 0.2) is 43.1 Å². The summed E-state index contributed by atoms with van der Waals surface area (Å²) in [7, 11) is 1.56. The summed E-state index contributed by atoms with van der Waals surface area (Å²) in [4.78, 5) is 22.2. The lowest BCUT2D eigenvalue weighted by atomic mass is 9.99. The molecular weight excluding hydrogens is 561 g/mol. The molecule has 4 aromatic heterocycles. The van der Waals surface area contributed by atoms with E-state index in [0.717, 1.165) is 41.2 Å². The highest BCUT2D eigenvalue weighted by molar-refractivity contribution is 5.77. The minimum absolute atomic E-state index is 0.0197. The Bertz CT molecular complexity index is 1780. The molecule has 43 heavy (non-hydrogen) atoms. The molecule has 0 atom stereocenters. The van der Waals surface area contributed by atoms with E-state index >= 15 is 0 Å². The number of aryl methyl sites for hydroxylation is 1. The molecular formula is C30H31F3N8O2. The molecule has 0 amide bonds. The molecule has 0 spiro atoms. The number of ether oxygens (including phenoxy) is 1. The topological polar surface area (TPSA) is 117 Å². The largest absolute Gasteiger partial charge is 0.480 e. The first-order chi connectivity index (χ1) is 20.7. The zero-order chi connectivity index (χ0) is 30.3. The molecule has 0 aliphatic heterocycles. The van der Waals surface area contributed by atoms with Crippen molar-refractivity contribution in [3.8, 4) is 28.7 Å². The van der Waals surface area contributed by atoms with Gasteiger partial charge in [0, 0.05) is 36.5 Å². The van der Waals surface area contributed by atoms with Gasteiger partial charge in [0.2, 0.25) is 5.88 Å². The summed E-state index contributed by atoms with van der Waals surface area (Å²) < 4.78 is 49.4. The Labute approximate surface area is 245 Å². The summed E-state index contributed by atoms with van der Waals surface area (Å²) in [6.07, 6.45) is 4.49. The number of hydrogen-bond donors (Lipinski definition) is 1. The van der Waals surface area contributed by atoms with Gasteiger partial charge >= 0.3 is 6.18 Å². The highest BCUT2D eigenvalue weighted by Crippen LogP contribution is 2.45. The number of fused-ring (bicyclic) bond motifs is 1. The third-order valence-electron chi connectivity index (χ3n) is 7.57. The monoisotopic (exact) mass is 592 g/mol. The second-order valence-corrected chi connectivity index (χ2v) is 11.0. The standard InChI is InChI=1S/C30H31F3N8O2/c1-17(2)40-15-23(30(31,32)33)38-27(40)20-8-9-21(19(11-20)5-4-10-42)14-41-28-22(13-37-41)12-34-26(39-28)24-25(18-6-7-18)35-16-36-29(24)43-3/h8-9,11-13,15-18,42H,4-7,10,14H2,1-3H3. The molecule has 0 bridgehead atoms. The molecule has 1 fully saturated rings. The highest BCUT2D eigenvalue weighted by Gasteiger charge is 2.35. The fourth-order valence-corrected chi connectivity index (χ4v) is 5.24. The van der Waals surface area contributed by atoms with Crippen LogP contribution in [0, 0.1) is 0 Å². The first kappa shape index (κ1) is 28.7. The summed E-state index contributed by atoms with van der Waals surface area (Å²) in [6, 6.07) is 5.28. The van der Waals surface area contributed by atoms with Gasteiger partial charge in [-0.15, -0.1) is 0 Å². The van der Waals surface area contributed by atoms with Crippen molar-refractivity contribution >= 4 is 11.0 Å². The number of nitrogens with zero attached hydrogens (tertiary/aromatic N) is 8. The van der Waals surface area contributed by atoms with Gasteiger partial charge in [-0.05, 0) is 56.7 Å². The van der Waals surface area contributed by atoms with E-state index in [2.05, 4.69) is 25.0 Å². The zero-order valence-electron chi connectivity index (χ0n) is 24.0. The van der Waals surface area contributed by atoms with Crippen LogP contribution in [-0.4, -0.2) is 58.1 Å². The van der Waals surface area contributed by atoms with Crippen molar-refractivity contribution < 1.29 is 23.0 Å². The minimum Gasteiger partial charge on any atom is -0.480 e. The molecule has 5 aromatic rings. The molecule has 1 aliphatic carbocycles. The molecule has 1 saturated carbocycles. The number of methoxy groups -OCH3 is 1. The lowest BCUT2D eigenvalue weighted by Crippen LogP contribution is -2.08. The minimum atomic E-state index is -4.55. The maximum atomic E-state index is 13.5. The Morgan fingerprint density at radius 2 is 1.88 bits per heavy atom. The summed E-state index contributed by atoms with van der Waals surface area (Å²) in [5.41, 5.74) is 3.58. The SMILES string of the molecule is COc1ncnc(C2CC2)c1-c1ncc2cnn(Cc3ccc(-c4nc(C(F)(F)F)cn4C(C)C)cc3CCCO)c2n1. The van der Waals surface area contributed by atoms with Crippen LogP contribution in [0.4, 0.5) is 13.2 Å². The van der Waals surface area contributed by atoms with E-state index in [9.17, 15) is 18.3 Å². The molecule has 0 saturated heterocycles. The van der Waals surface area contributed by atoms with Crippen LogP contribution in [0.3, 0.4) is 0 Å². The van der Waals surface area contributed by atoms with Gasteiger partial charge in [-0.2, -0.15) is 18.3 Å². The van der Waals surface area contributed by atoms with E-state index < -0.39 is 11.9 Å². The van der Waals surface area contributed by atoms with Crippen LogP contribution in [0.25, 0.3) is 33.8 Å². The predicted octanol–water partition coefficient (Wildman–Crippen LogP) is 5.61. The summed E-state index contributed by atoms with van der Waals surface area (Å²) >= 11 is 0. The maximum Gasteiger partial charge on any atom is 0.434 e. The van der Waals surface area contributed by atoms with E-state index in [0.29, 0.717) is 53.8 Å². The third-order valence-corrected chi connectivity index (χ3v) is 7.57. The molecule has 13 heteroatoms. The Morgan fingerprint density at radius 3 is 2.58 bits per heavy atom. The quantitative estimate of drug-likeness (QED) is 0.223. The Morgan fingerprint density at radius 1 is 1.07 bits per heavy atom. The first-order valence-corrected chi connectivity index (χ1v) is 14.1. The highest BCUT2D eigenvalue weighted by atomic mass is 19.4. The van der Waals surface area contributed by atoms with Crippen molar-refractivity contribution in [1.29, 1.82) is 0 Å². The number of aromatic nitrogens is 8. The number of alkyl halides is 3. The van der Waals surface area contributed by atoms with E-state index in [1.54, 1.807) is 30.3 Å². The van der Waals surface area contributed by atoms with Crippen molar-refractivity contribution in [2.24, 2.45) is 0 Å². The van der Waals surface area contributed by atoms with Crippen LogP contribution in [-0.2, 0) is 19.1 Å². The van der Waals surface area contributed by atoms with Crippen LogP contribution >= 0.6 is 0 Å². The second kappa shape index (κ2) is 11.4. The Balaban J connectivity index is 1.39. The molecule has 0 unspecified atom stereocenters. The van der Waals surface area contributed by atoms with Gasteiger partial charge in [0.1, 0.15) is 17.7 Å². The second-order valence-electron chi connectivity index (χ2n) is 11.0. The molecule has 1 aromatic carbocycles. The van der Waals surface area contributed by atoms with Gasteiger partial charge in [-0.25, -0.2) is 29.6 Å². The maximum absolute atomic E-state index is 13.5. The number of halogens is 3. The number of benzene rings is 1. The fourth-order valence-electron chi connectivity index (χ4n) is 5.24. The summed E-state index contributed by atoms with van der Waals surface area (Å²) in [5, 5.41) is 14.9. The molecule has 10 nitrogen and oxygen atoms in total. The van der Waals surface area contributed by atoms with E-state index in [1.165, 1.54) is 10.9 Å². The predicted molar refractivity (Wildman–Crippen MR) is 152 cm³/mol. The summed E-state index contributed by atoms with van der Waals surface area (Å²) in [5.74, 6) is 1.43. The third kappa shape index (κ3) is 5.68. The van der Waals surface area contributed by atoms with Crippen molar-refractivity contribution in [1.82, 2.24) is 39.3 Å². The van der Waals surface area contributed by atoms with Crippen LogP contribution in [0.1, 0.15) is 67.6 Å². The number of hydrogen-bond acceptors (Lipinski definition) is 8. The average Bonchev–Trinajstić information content (AvgIpc) is 3.60. The van der Waals surface area contributed by atoms with Gasteiger partial charge in [-0.3, -0.25) is 0 Å². The zero-order valence-corrected chi connectivity index (χ0v) is 24.0. The first-order valence-electron chi connectivity index (χ1n) is 14.1. The lowest BCUT2D eigenvalue weighted by molar-refractivity contribution is -0.140. The van der Waals surface area contributed by atoms with Gasteiger partial charge in [-0.1, -0.05) is 12.1 Å². The molecule has 0 radical (unpaired) electrons. The lowest BCUT2D eigenvalue weighted by Gasteiger charge is -2.15. The molecule has 6 rings (SSSR count). The number of imidazole rings is 1. The van der Waals surface area contributed by atoms with E-state index in [4.69, 9.17) is 9.72 Å². The Kier molecular flexibility index (Phi) is 7.59. The van der Waals surface area contributed by atoms with Crippen LogP contribution in [0.2, 0.25) is 0 Å². The van der Waals surface area contributed by atoms with E-state index in [-0.39, 0.29) is 18.5 Å². The normalized spacial score (nSPS) is 13.8. The molecule has 4 heterocycles. The average molecular weight is 593 g/mol. The molecule has 1 aliphatic rings. The van der Waals surface area contributed by atoms with E-state index in [1.807, 2.05) is 26.0 Å². The van der Waals surface area contributed by atoms with Gasteiger partial charge in [0.05, 0.1) is 30.9 Å². The van der Waals surface area contributed by atoms with Crippen LogP contribution in [0.5, 0.6) is 5.88 Å².